The molecule has 6 heteroatoms. The predicted molar refractivity (Wildman–Crippen MR) is 95.9 cm³/mol. The minimum atomic E-state index is -0.263. The van der Waals surface area contributed by atoms with Gasteiger partial charge in [-0.15, -0.1) is 0 Å². The minimum absolute atomic E-state index is 0.263. The van der Waals surface area contributed by atoms with Crippen LogP contribution >= 0.6 is 0 Å². The zero-order chi connectivity index (χ0) is 17.5. The lowest BCUT2D eigenvalue weighted by molar-refractivity contribution is 0.0954. The Morgan fingerprint density at radius 2 is 2.04 bits per heavy atom. The zero-order valence-corrected chi connectivity index (χ0v) is 13.8. The van der Waals surface area contributed by atoms with E-state index in [1.54, 1.807) is 31.9 Å². The second-order valence-electron chi connectivity index (χ2n) is 5.35. The Morgan fingerprint density at radius 3 is 2.84 bits per heavy atom. The number of carbonyl (C=O) groups excluding carboxylic acids is 1. The molecule has 0 bridgehead atoms. The van der Waals surface area contributed by atoms with Crippen LogP contribution in [0.15, 0.2) is 66.2 Å². The maximum atomic E-state index is 12.5. The van der Waals surface area contributed by atoms with E-state index in [9.17, 15) is 4.79 Å². The highest BCUT2D eigenvalue weighted by Crippen LogP contribution is 2.15. The summed E-state index contributed by atoms with van der Waals surface area (Å²) in [7, 11) is 1.59. The Balaban J connectivity index is 1.72. The fraction of sp³-hybridized carbons (Fsp3) is 0.105. The van der Waals surface area contributed by atoms with Gasteiger partial charge in [-0.25, -0.2) is 10.4 Å². The summed E-state index contributed by atoms with van der Waals surface area (Å²) in [4.78, 5) is 19.5. The van der Waals surface area contributed by atoms with E-state index < -0.39 is 0 Å². The van der Waals surface area contributed by atoms with E-state index in [1.165, 1.54) is 0 Å². The fourth-order valence-electron chi connectivity index (χ4n) is 2.48. The Labute approximate surface area is 145 Å². The SMILES string of the molecule is COc1ccccc1/C=N\NC(=O)c1ccccc1Cc1cnc[nH]1. The predicted octanol–water partition coefficient (Wildman–Crippen LogP) is 2.77. The van der Waals surface area contributed by atoms with Crippen LogP contribution in [0.1, 0.15) is 27.2 Å². The molecule has 126 valence electrons. The molecule has 0 spiro atoms. The van der Waals surface area contributed by atoms with Gasteiger partial charge < -0.3 is 9.72 Å². The molecule has 1 heterocycles. The largest absolute Gasteiger partial charge is 0.496 e. The Bertz CT molecular complexity index is 873. The Morgan fingerprint density at radius 1 is 1.24 bits per heavy atom. The lowest BCUT2D eigenvalue weighted by Crippen LogP contribution is -2.19. The maximum Gasteiger partial charge on any atom is 0.271 e. The van der Waals surface area contributed by atoms with Crippen molar-refractivity contribution in [2.24, 2.45) is 5.10 Å². The van der Waals surface area contributed by atoms with Crippen LogP contribution in [0.4, 0.5) is 0 Å². The maximum absolute atomic E-state index is 12.5. The average Bonchev–Trinajstić information content (AvgIpc) is 3.15. The quantitative estimate of drug-likeness (QED) is 0.537. The summed E-state index contributed by atoms with van der Waals surface area (Å²) >= 11 is 0. The van der Waals surface area contributed by atoms with Crippen molar-refractivity contribution in [1.82, 2.24) is 15.4 Å². The van der Waals surface area contributed by atoms with Crippen LogP contribution in [-0.2, 0) is 6.42 Å². The van der Waals surface area contributed by atoms with Gasteiger partial charge in [0.2, 0.25) is 0 Å². The smallest absolute Gasteiger partial charge is 0.271 e. The number of ether oxygens (including phenoxy) is 1. The number of carbonyl (C=O) groups is 1. The number of aromatic amines is 1. The standard InChI is InChI=1S/C19H18N4O2/c1-25-18-9-5-3-7-15(18)11-22-23-19(24)17-8-4-2-6-14(17)10-16-12-20-13-21-16/h2-9,11-13H,10H2,1H3,(H,20,21)(H,23,24)/b22-11-. The number of H-pyrrole nitrogens is 1. The van der Waals surface area contributed by atoms with Crippen molar-refractivity contribution >= 4 is 12.1 Å². The third kappa shape index (κ3) is 4.11. The summed E-state index contributed by atoms with van der Waals surface area (Å²) in [6.45, 7) is 0. The molecular formula is C19H18N4O2. The molecule has 0 fully saturated rings. The summed E-state index contributed by atoms with van der Waals surface area (Å²) < 4.78 is 5.25. The molecule has 25 heavy (non-hydrogen) atoms. The van der Waals surface area contributed by atoms with Gasteiger partial charge >= 0.3 is 0 Å². The van der Waals surface area contributed by atoms with Gasteiger partial charge in [0, 0.05) is 29.4 Å². The number of hydrogen-bond acceptors (Lipinski definition) is 4. The van der Waals surface area contributed by atoms with Gasteiger partial charge in [0.15, 0.2) is 0 Å². The summed E-state index contributed by atoms with van der Waals surface area (Å²) in [5, 5.41) is 4.04. The van der Waals surface area contributed by atoms with Crippen molar-refractivity contribution in [3.05, 3.63) is 83.4 Å². The van der Waals surface area contributed by atoms with Gasteiger partial charge in [0.25, 0.3) is 5.91 Å². The number of methoxy groups -OCH3 is 1. The first-order valence-electron chi connectivity index (χ1n) is 7.79. The van der Waals surface area contributed by atoms with E-state index in [0.717, 1.165) is 16.8 Å². The molecule has 1 aromatic heterocycles. The van der Waals surface area contributed by atoms with E-state index in [2.05, 4.69) is 20.5 Å². The van der Waals surface area contributed by atoms with Crippen LogP contribution in [0.2, 0.25) is 0 Å². The Hall–Kier alpha value is -3.41. The van der Waals surface area contributed by atoms with Crippen molar-refractivity contribution in [3.63, 3.8) is 0 Å². The number of benzene rings is 2. The molecule has 0 saturated heterocycles. The van der Waals surface area contributed by atoms with Gasteiger partial charge in [-0.05, 0) is 23.8 Å². The number of imidazole rings is 1. The lowest BCUT2D eigenvalue weighted by Gasteiger charge is -2.07. The number of nitrogens with one attached hydrogen (secondary N) is 2. The van der Waals surface area contributed by atoms with Crippen molar-refractivity contribution in [1.29, 1.82) is 0 Å². The highest BCUT2D eigenvalue weighted by atomic mass is 16.5. The molecule has 0 saturated carbocycles. The zero-order valence-electron chi connectivity index (χ0n) is 13.8. The van der Waals surface area contributed by atoms with Crippen molar-refractivity contribution in [2.75, 3.05) is 7.11 Å². The summed E-state index contributed by atoms with van der Waals surface area (Å²) in [6, 6.07) is 14.9. The van der Waals surface area contributed by atoms with Gasteiger partial charge in [-0.2, -0.15) is 5.10 Å². The van der Waals surface area contributed by atoms with Crippen LogP contribution in [0, 0.1) is 0 Å². The molecule has 1 amide bonds. The van der Waals surface area contributed by atoms with Crippen molar-refractivity contribution < 1.29 is 9.53 Å². The van der Waals surface area contributed by atoms with Crippen LogP contribution in [-0.4, -0.2) is 29.2 Å². The van der Waals surface area contributed by atoms with E-state index in [4.69, 9.17) is 4.74 Å². The molecule has 3 aromatic rings. The molecule has 0 aliphatic carbocycles. The van der Waals surface area contributed by atoms with E-state index in [-0.39, 0.29) is 5.91 Å². The molecule has 6 nitrogen and oxygen atoms in total. The topological polar surface area (TPSA) is 79.4 Å². The number of amides is 1. The molecule has 0 atom stereocenters. The van der Waals surface area contributed by atoms with Crippen LogP contribution in [0.5, 0.6) is 5.75 Å². The summed E-state index contributed by atoms with van der Waals surface area (Å²) in [6.07, 6.45) is 5.53. The van der Waals surface area contributed by atoms with Crippen molar-refractivity contribution in [3.8, 4) is 5.75 Å². The highest BCUT2D eigenvalue weighted by molar-refractivity contribution is 5.96. The van der Waals surface area contributed by atoms with E-state index in [1.807, 2.05) is 42.5 Å². The van der Waals surface area contributed by atoms with Crippen LogP contribution < -0.4 is 10.2 Å². The third-order valence-corrected chi connectivity index (χ3v) is 3.71. The van der Waals surface area contributed by atoms with Crippen LogP contribution in [0.3, 0.4) is 0 Å². The number of para-hydroxylation sites is 1. The van der Waals surface area contributed by atoms with Gasteiger partial charge in [0.1, 0.15) is 5.75 Å². The molecular weight excluding hydrogens is 316 g/mol. The first-order chi connectivity index (χ1) is 12.3. The monoisotopic (exact) mass is 334 g/mol. The first-order valence-corrected chi connectivity index (χ1v) is 7.79. The molecule has 0 aliphatic heterocycles. The first kappa shape index (κ1) is 16.4. The minimum Gasteiger partial charge on any atom is -0.496 e. The van der Waals surface area contributed by atoms with E-state index in [0.29, 0.717) is 17.7 Å². The number of aromatic nitrogens is 2. The van der Waals surface area contributed by atoms with Crippen molar-refractivity contribution in [2.45, 2.75) is 6.42 Å². The number of hydrazone groups is 1. The van der Waals surface area contributed by atoms with Gasteiger partial charge in [-0.1, -0.05) is 30.3 Å². The third-order valence-electron chi connectivity index (χ3n) is 3.71. The molecule has 0 radical (unpaired) electrons. The van der Waals surface area contributed by atoms with Gasteiger partial charge in [0.05, 0.1) is 19.7 Å². The lowest BCUT2D eigenvalue weighted by atomic mass is 10.0. The molecule has 2 N–H and O–H groups in total. The molecule has 3 rings (SSSR count). The molecule has 2 aromatic carbocycles. The normalized spacial score (nSPS) is 10.8. The number of rotatable bonds is 6. The number of nitrogens with zero attached hydrogens (tertiary/aromatic N) is 2. The Kier molecular flexibility index (Phi) is 5.21. The van der Waals surface area contributed by atoms with E-state index >= 15 is 0 Å². The second kappa shape index (κ2) is 7.92. The molecule has 0 aliphatic rings. The highest BCUT2D eigenvalue weighted by Gasteiger charge is 2.11. The second-order valence-corrected chi connectivity index (χ2v) is 5.35. The summed E-state index contributed by atoms with van der Waals surface area (Å²) in [5.74, 6) is 0.432. The van der Waals surface area contributed by atoms with Crippen LogP contribution in [0.25, 0.3) is 0 Å². The number of hydrogen-bond donors (Lipinski definition) is 2. The molecule has 0 unspecified atom stereocenters. The van der Waals surface area contributed by atoms with Gasteiger partial charge in [-0.3, -0.25) is 4.79 Å². The summed E-state index contributed by atoms with van der Waals surface area (Å²) in [5.41, 5.74) is 5.78. The fourth-order valence-corrected chi connectivity index (χ4v) is 2.48. The average molecular weight is 334 g/mol.